The minimum Gasteiger partial charge on any atom is -0.508 e. The van der Waals surface area contributed by atoms with Gasteiger partial charge in [-0.05, 0) is 24.1 Å². The first-order valence-corrected chi connectivity index (χ1v) is 4.89. The van der Waals surface area contributed by atoms with E-state index in [2.05, 4.69) is 0 Å². The van der Waals surface area contributed by atoms with Gasteiger partial charge in [-0.15, -0.1) is 0 Å². The number of benzene rings is 1. The zero-order chi connectivity index (χ0) is 12.1. The Hall–Kier alpha value is -1.59. The minimum absolute atomic E-state index is 0.192. The quantitative estimate of drug-likeness (QED) is 0.720. The summed E-state index contributed by atoms with van der Waals surface area (Å²) in [6.07, 6.45) is 0.410. The molecular weight excluding hydrogens is 208 g/mol. The first-order chi connectivity index (χ1) is 7.54. The number of aromatic hydroxyl groups is 1. The van der Waals surface area contributed by atoms with Gasteiger partial charge in [0.05, 0.1) is 13.2 Å². The number of rotatable bonds is 4. The highest BCUT2D eigenvalue weighted by Crippen LogP contribution is 2.11. The SMILES string of the molecule is CON(C)C(=O)C(N)Cc1ccc(O)cc1. The van der Waals surface area contributed by atoms with Gasteiger partial charge in [-0.25, -0.2) is 5.06 Å². The number of nitrogens with two attached hydrogens (primary N) is 1. The van der Waals surface area contributed by atoms with E-state index in [0.29, 0.717) is 6.42 Å². The van der Waals surface area contributed by atoms with Crippen molar-refractivity contribution >= 4 is 5.91 Å². The second-order valence-corrected chi connectivity index (χ2v) is 3.50. The molecule has 0 spiro atoms. The van der Waals surface area contributed by atoms with Crippen molar-refractivity contribution in [1.82, 2.24) is 5.06 Å². The second-order valence-electron chi connectivity index (χ2n) is 3.50. The molecule has 0 saturated heterocycles. The highest BCUT2D eigenvalue weighted by atomic mass is 16.7. The summed E-state index contributed by atoms with van der Waals surface area (Å²) in [4.78, 5) is 16.3. The zero-order valence-electron chi connectivity index (χ0n) is 9.38. The molecule has 1 aromatic carbocycles. The Bertz CT molecular complexity index is 351. The van der Waals surface area contributed by atoms with Crippen LogP contribution >= 0.6 is 0 Å². The third-order valence-corrected chi connectivity index (χ3v) is 2.29. The minimum atomic E-state index is -0.644. The molecule has 88 valence electrons. The van der Waals surface area contributed by atoms with Crippen molar-refractivity contribution < 1.29 is 14.7 Å². The van der Waals surface area contributed by atoms with Crippen molar-refractivity contribution in [1.29, 1.82) is 0 Å². The summed E-state index contributed by atoms with van der Waals surface area (Å²) >= 11 is 0. The van der Waals surface area contributed by atoms with Gasteiger partial charge >= 0.3 is 0 Å². The third-order valence-electron chi connectivity index (χ3n) is 2.29. The van der Waals surface area contributed by atoms with Crippen LogP contribution in [0.2, 0.25) is 0 Å². The molecule has 5 nitrogen and oxygen atoms in total. The monoisotopic (exact) mass is 224 g/mol. The molecular formula is C11H16N2O3. The fourth-order valence-corrected chi connectivity index (χ4v) is 1.30. The second kappa shape index (κ2) is 5.48. The molecule has 1 amide bonds. The normalized spacial score (nSPS) is 12.2. The van der Waals surface area contributed by atoms with Crippen LogP contribution in [0.15, 0.2) is 24.3 Å². The molecule has 0 radical (unpaired) electrons. The van der Waals surface area contributed by atoms with Gasteiger partial charge < -0.3 is 10.8 Å². The molecule has 0 aliphatic carbocycles. The van der Waals surface area contributed by atoms with E-state index in [4.69, 9.17) is 15.7 Å². The Labute approximate surface area is 94.4 Å². The summed E-state index contributed by atoms with van der Waals surface area (Å²) in [6.45, 7) is 0. The maximum Gasteiger partial charge on any atom is 0.263 e. The van der Waals surface area contributed by atoms with Crippen molar-refractivity contribution in [2.24, 2.45) is 5.73 Å². The average molecular weight is 224 g/mol. The van der Waals surface area contributed by atoms with E-state index in [1.807, 2.05) is 0 Å². The molecule has 0 aliphatic heterocycles. The van der Waals surface area contributed by atoms with Gasteiger partial charge in [-0.1, -0.05) is 12.1 Å². The molecule has 0 saturated carbocycles. The zero-order valence-corrected chi connectivity index (χ0v) is 9.38. The Morgan fingerprint density at radius 3 is 2.56 bits per heavy atom. The molecule has 1 aromatic rings. The number of hydrogen-bond acceptors (Lipinski definition) is 4. The van der Waals surface area contributed by atoms with E-state index in [9.17, 15) is 4.79 Å². The smallest absolute Gasteiger partial charge is 0.263 e. The van der Waals surface area contributed by atoms with E-state index in [1.54, 1.807) is 24.3 Å². The third kappa shape index (κ3) is 3.22. The predicted molar refractivity (Wildman–Crippen MR) is 59.6 cm³/mol. The lowest BCUT2D eigenvalue weighted by atomic mass is 10.1. The number of carbonyl (C=O) groups excluding carboxylic acids is 1. The summed E-state index contributed by atoms with van der Waals surface area (Å²) in [6, 6.07) is 5.94. The molecule has 0 aromatic heterocycles. The van der Waals surface area contributed by atoms with Gasteiger partial charge in [0, 0.05) is 7.05 Å². The molecule has 0 fully saturated rings. The average Bonchev–Trinajstić information content (AvgIpc) is 2.30. The number of hydroxylamine groups is 2. The number of nitrogens with zero attached hydrogens (tertiary/aromatic N) is 1. The van der Waals surface area contributed by atoms with Crippen molar-refractivity contribution in [3.8, 4) is 5.75 Å². The lowest BCUT2D eigenvalue weighted by Gasteiger charge is -2.18. The molecule has 1 rings (SSSR count). The van der Waals surface area contributed by atoms with Crippen LogP contribution < -0.4 is 5.73 Å². The van der Waals surface area contributed by atoms with Crippen LogP contribution in [0.1, 0.15) is 5.56 Å². The predicted octanol–water partition coefficient (Wildman–Crippen LogP) is 0.282. The Morgan fingerprint density at radius 1 is 1.50 bits per heavy atom. The van der Waals surface area contributed by atoms with E-state index >= 15 is 0 Å². The molecule has 0 aliphatic rings. The van der Waals surface area contributed by atoms with Crippen LogP contribution in [0.4, 0.5) is 0 Å². The molecule has 1 atom stereocenters. The number of likely N-dealkylation sites (N-methyl/N-ethyl adjacent to an activating group) is 1. The summed E-state index contributed by atoms with van der Waals surface area (Å²) in [5, 5.41) is 10.2. The lowest BCUT2D eigenvalue weighted by Crippen LogP contribution is -2.42. The highest BCUT2D eigenvalue weighted by Gasteiger charge is 2.18. The Kier molecular flexibility index (Phi) is 4.28. The highest BCUT2D eigenvalue weighted by molar-refractivity contribution is 5.80. The van der Waals surface area contributed by atoms with Crippen molar-refractivity contribution in [3.63, 3.8) is 0 Å². The van der Waals surface area contributed by atoms with Gasteiger partial charge in [-0.3, -0.25) is 9.63 Å². The lowest BCUT2D eigenvalue weighted by molar-refractivity contribution is -0.170. The van der Waals surface area contributed by atoms with E-state index in [1.165, 1.54) is 14.2 Å². The topological polar surface area (TPSA) is 75.8 Å². The molecule has 1 unspecified atom stereocenters. The van der Waals surface area contributed by atoms with Gasteiger partial charge in [0.15, 0.2) is 0 Å². The summed E-state index contributed by atoms with van der Waals surface area (Å²) in [5.74, 6) is -0.0896. The summed E-state index contributed by atoms with van der Waals surface area (Å²) in [5.41, 5.74) is 6.62. The van der Waals surface area contributed by atoms with Crippen molar-refractivity contribution in [2.75, 3.05) is 14.2 Å². The Morgan fingerprint density at radius 2 is 2.06 bits per heavy atom. The van der Waals surface area contributed by atoms with Crippen molar-refractivity contribution in [3.05, 3.63) is 29.8 Å². The molecule has 16 heavy (non-hydrogen) atoms. The fraction of sp³-hybridized carbons (Fsp3) is 0.364. The van der Waals surface area contributed by atoms with Crippen molar-refractivity contribution in [2.45, 2.75) is 12.5 Å². The molecule has 5 heteroatoms. The van der Waals surface area contributed by atoms with Crippen LogP contribution in [0.25, 0.3) is 0 Å². The number of phenols is 1. The number of carbonyl (C=O) groups is 1. The largest absolute Gasteiger partial charge is 0.508 e. The van der Waals surface area contributed by atoms with Gasteiger partial charge in [0.25, 0.3) is 5.91 Å². The van der Waals surface area contributed by atoms with Gasteiger partial charge in [0.1, 0.15) is 5.75 Å². The maximum absolute atomic E-state index is 11.6. The van der Waals surface area contributed by atoms with Crippen LogP contribution in [-0.2, 0) is 16.1 Å². The van der Waals surface area contributed by atoms with Crippen LogP contribution in [0, 0.1) is 0 Å². The Balaban J connectivity index is 2.60. The van der Waals surface area contributed by atoms with Gasteiger partial charge in [-0.2, -0.15) is 0 Å². The van der Waals surface area contributed by atoms with E-state index in [-0.39, 0.29) is 11.7 Å². The summed E-state index contributed by atoms with van der Waals surface area (Å²) in [7, 11) is 2.92. The number of amides is 1. The fourth-order valence-electron chi connectivity index (χ4n) is 1.30. The molecule has 0 heterocycles. The van der Waals surface area contributed by atoms with Gasteiger partial charge in [0.2, 0.25) is 0 Å². The summed E-state index contributed by atoms with van der Waals surface area (Å²) < 4.78 is 0. The molecule has 0 bridgehead atoms. The first kappa shape index (κ1) is 12.5. The molecule has 3 N–H and O–H groups in total. The number of hydrogen-bond donors (Lipinski definition) is 2. The van der Waals surface area contributed by atoms with Crippen LogP contribution in [0.3, 0.4) is 0 Å². The number of phenolic OH excluding ortho intramolecular Hbond substituents is 1. The first-order valence-electron chi connectivity index (χ1n) is 4.89. The van der Waals surface area contributed by atoms with E-state index in [0.717, 1.165) is 10.6 Å². The van der Waals surface area contributed by atoms with E-state index < -0.39 is 6.04 Å². The maximum atomic E-state index is 11.6. The van der Waals surface area contributed by atoms with Crippen LogP contribution in [-0.4, -0.2) is 36.3 Å². The van der Waals surface area contributed by atoms with Crippen LogP contribution in [0.5, 0.6) is 5.75 Å². The standard InChI is InChI=1S/C11H16N2O3/c1-13(16-2)11(15)10(12)7-8-3-5-9(14)6-4-8/h3-6,10,14H,7,12H2,1-2H3.